The summed E-state index contributed by atoms with van der Waals surface area (Å²) in [5.74, 6) is 1.78. The van der Waals surface area contributed by atoms with Crippen LogP contribution in [0.2, 0.25) is 0 Å². The molecule has 0 saturated heterocycles. The summed E-state index contributed by atoms with van der Waals surface area (Å²) >= 11 is 0. The maximum absolute atomic E-state index is 12.0. The van der Waals surface area contributed by atoms with Crippen LogP contribution in [0.5, 0.6) is 0 Å². The van der Waals surface area contributed by atoms with Gasteiger partial charge >= 0.3 is 0 Å². The van der Waals surface area contributed by atoms with Gasteiger partial charge < -0.3 is 10.6 Å². The molecule has 0 bridgehead atoms. The van der Waals surface area contributed by atoms with Gasteiger partial charge in [-0.3, -0.25) is 4.79 Å². The monoisotopic (exact) mass is 312 g/mol. The van der Waals surface area contributed by atoms with Crippen LogP contribution in [0.1, 0.15) is 28.7 Å². The highest BCUT2D eigenvalue weighted by Gasteiger charge is 2.20. The molecule has 7 heteroatoms. The number of hydrogen-bond donors (Lipinski definition) is 2. The van der Waals surface area contributed by atoms with E-state index < -0.39 is 0 Å². The summed E-state index contributed by atoms with van der Waals surface area (Å²) in [6.45, 7) is 7.42. The predicted octanol–water partition coefficient (Wildman–Crippen LogP) is 2.39. The van der Waals surface area contributed by atoms with Crippen molar-refractivity contribution in [3.63, 3.8) is 0 Å². The molecule has 0 aromatic carbocycles. The molecule has 7 nitrogen and oxygen atoms in total. The summed E-state index contributed by atoms with van der Waals surface area (Å²) < 4.78 is 1.71. The number of carbonyl (C=O) groups excluding carboxylic acids is 1. The fourth-order valence-electron chi connectivity index (χ4n) is 2.10. The second-order valence-electron chi connectivity index (χ2n) is 4.91. The molecule has 2 N–H and O–H groups in total. The number of nitrogens with one attached hydrogen (secondary N) is 2. The Kier molecular flexibility index (Phi) is 5.24. The van der Waals surface area contributed by atoms with Crippen LogP contribution in [0.15, 0.2) is 37.3 Å². The van der Waals surface area contributed by atoms with Crippen LogP contribution in [0.3, 0.4) is 0 Å². The third-order valence-electron chi connectivity index (χ3n) is 3.16. The van der Waals surface area contributed by atoms with Gasteiger partial charge in [-0.1, -0.05) is 12.7 Å². The number of aryl methyl sites for hydroxylation is 1. The van der Waals surface area contributed by atoms with Gasteiger partial charge in [0.25, 0.3) is 0 Å². The molecule has 2 aromatic rings. The van der Waals surface area contributed by atoms with Crippen molar-refractivity contribution in [2.24, 2.45) is 0 Å². The number of aromatic nitrogens is 4. The van der Waals surface area contributed by atoms with E-state index in [9.17, 15) is 4.79 Å². The van der Waals surface area contributed by atoms with Crippen molar-refractivity contribution in [2.45, 2.75) is 20.4 Å². The van der Waals surface area contributed by atoms with E-state index in [0.29, 0.717) is 29.6 Å². The zero-order valence-corrected chi connectivity index (χ0v) is 13.5. The molecule has 120 valence electrons. The second-order valence-corrected chi connectivity index (χ2v) is 4.91. The number of anilines is 2. The lowest BCUT2D eigenvalue weighted by Gasteiger charge is -2.08. The Hall–Kier alpha value is -2.96. The molecule has 0 spiro atoms. The first-order valence-electron chi connectivity index (χ1n) is 7.18. The number of nitrogens with zero attached hydrogens (tertiary/aromatic N) is 4. The minimum absolute atomic E-state index is 0.0738. The van der Waals surface area contributed by atoms with Crippen LogP contribution in [0, 0.1) is 6.92 Å². The summed E-state index contributed by atoms with van der Waals surface area (Å²) in [5, 5.41) is 10.5. The van der Waals surface area contributed by atoms with E-state index in [1.807, 2.05) is 6.92 Å². The number of hydrogen-bond acceptors (Lipinski definition) is 6. The highest BCUT2D eigenvalue weighted by Crippen LogP contribution is 2.25. The number of rotatable bonds is 7. The Morgan fingerprint density at radius 1 is 1.39 bits per heavy atom. The molecule has 0 saturated carbocycles. The van der Waals surface area contributed by atoms with Crippen molar-refractivity contribution in [3.8, 4) is 0 Å². The number of Topliss-reactive ketones (excluding diaryl/α,β-unsaturated/α-hetero) is 1. The van der Waals surface area contributed by atoms with Crippen LogP contribution >= 0.6 is 0 Å². The Morgan fingerprint density at radius 2 is 2.09 bits per heavy atom. The minimum Gasteiger partial charge on any atom is -0.371 e. The first kappa shape index (κ1) is 16.4. The van der Waals surface area contributed by atoms with E-state index in [-0.39, 0.29) is 5.78 Å². The molecule has 2 rings (SSSR count). The topological polar surface area (TPSA) is 84.7 Å². The Morgan fingerprint density at radius 3 is 2.65 bits per heavy atom. The van der Waals surface area contributed by atoms with Crippen molar-refractivity contribution in [2.75, 3.05) is 17.7 Å². The van der Waals surface area contributed by atoms with E-state index in [1.165, 1.54) is 6.92 Å². The number of allylic oxidation sites excluding steroid dienone is 2. The molecule has 0 aliphatic rings. The van der Waals surface area contributed by atoms with E-state index >= 15 is 0 Å². The van der Waals surface area contributed by atoms with Gasteiger partial charge in [0.2, 0.25) is 0 Å². The normalized spacial score (nSPS) is 10.7. The Labute approximate surface area is 135 Å². The third kappa shape index (κ3) is 3.82. The number of ketones is 1. The quantitative estimate of drug-likeness (QED) is 0.603. The van der Waals surface area contributed by atoms with Crippen molar-refractivity contribution < 1.29 is 4.79 Å². The Bertz CT molecular complexity index is 730. The van der Waals surface area contributed by atoms with E-state index in [2.05, 4.69) is 32.3 Å². The lowest BCUT2D eigenvalue weighted by atomic mass is 10.2. The average Bonchev–Trinajstić information content (AvgIpc) is 2.88. The SMILES string of the molecule is C=C/C=C/Nc1c(C(C)=O)c(NC)nn1Cc1cnc(C)nc1. The molecule has 2 heterocycles. The molecule has 2 aromatic heterocycles. The van der Waals surface area contributed by atoms with E-state index in [4.69, 9.17) is 0 Å². The molecule has 0 amide bonds. The zero-order chi connectivity index (χ0) is 16.8. The molecule has 0 atom stereocenters. The molecule has 0 unspecified atom stereocenters. The lowest BCUT2D eigenvalue weighted by Crippen LogP contribution is -2.08. The van der Waals surface area contributed by atoms with Gasteiger partial charge in [-0.25, -0.2) is 14.6 Å². The van der Waals surface area contributed by atoms with Gasteiger partial charge in [-0.05, 0) is 19.9 Å². The van der Waals surface area contributed by atoms with Crippen LogP contribution in [0.4, 0.5) is 11.6 Å². The summed E-state index contributed by atoms with van der Waals surface area (Å²) in [6.07, 6.45) is 8.60. The van der Waals surface area contributed by atoms with Crippen LogP contribution in [-0.4, -0.2) is 32.6 Å². The van der Waals surface area contributed by atoms with Gasteiger partial charge in [0.15, 0.2) is 11.6 Å². The van der Waals surface area contributed by atoms with Gasteiger partial charge in [0.1, 0.15) is 17.2 Å². The zero-order valence-electron chi connectivity index (χ0n) is 13.5. The average molecular weight is 312 g/mol. The molecular weight excluding hydrogens is 292 g/mol. The third-order valence-corrected chi connectivity index (χ3v) is 3.16. The molecule has 0 fully saturated rings. The number of carbonyl (C=O) groups is 1. The molecule has 23 heavy (non-hydrogen) atoms. The second kappa shape index (κ2) is 7.35. The van der Waals surface area contributed by atoms with Crippen molar-refractivity contribution in [1.29, 1.82) is 0 Å². The van der Waals surface area contributed by atoms with Gasteiger partial charge in [-0.2, -0.15) is 5.10 Å². The lowest BCUT2D eigenvalue weighted by molar-refractivity contribution is 0.101. The summed E-state index contributed by atoms with van der Waals surface area (Å²) in [7, 11) is 1.73. The summed E-state index contributed by atoms with van der Waals surface area (Å²) in [4.78, 5) is 20.4. The largest absolute Gasteiger partial charge is 0.371 e. The first-order valence-corrected chi connectivity index (χ1v) is 7.18. The van der Waals surface area contributed by atoms with E-state index in [1.54, 1.807) is 42.5 Å². The molecule has 0 aliphatic heterocycles. The highest BCUT2D eigenvalue weighted by molar-refractivity contribution is 6.03. The van der Waals surface area contributed by atoms with Crippen LogP contribution in [0.25, 0.3) is 0 Å². The maximum atomic E-state index is 12.0. The maximum Gasteiger partial charge on any atom is 0.167 e. The first-order chi connectivity index (χ1) is 11.1. The predicted molar refractivity (Wildman–Crippen MR) is 90.6 cm³/mol. The standard InChI is InChI=1S/C16H20N6O/c1-5-6-7-18-16-14(11(2)23)15(17-4)21-22(16)10-13-8-19-12(3)20-9-13/h5-9,18H,1,10H2,2-4H3,(H,17,21)/b7-6+. The molecule has 0 radical (unpaired) electrons. The Balaban J connectivity index is 2.43. The van der Waals surface area contributed by atoms with Crippen LogP contribution < -0.4 is 10.6 Å². The summed E-state index contributed by atoms with van der Waals surface area (Å²) in [6, 6.07) is 0. The van der Waals surface area contributed by atoms with Crippen LogP contribution in [-0.2, 0) is 6.54 Å². The molecular formula is C16H20N6O. The van der Waals surface area contributed by atoms with E-state index in [0.717, 1.165) is 5.56 Å². The fraction of sp³-hybridized carbons (Fsp3) is 0.250. The van der Waals surface area contributed by atoms with Gasteiger partial charge in [0.05, 0.1) is 6.54 Å². The summed E-state index contributed by atoms with van der Waals surface area (Å²) in [5.41, 5.74) is 1.40. The van der Waals surface area contributed by atoms with Gasteiger partial charge in [-0.15, -0.1) is 0 Å². The van der Waals surface area contributed by atoms with Gasteiger partial charge in [0, 0.05) is 31.2 Å². The minimum atomic E-state index is -0.0738. The fourth-order valence-corrected chi connectivity index (χ4v) is 2.10. The molecule has 0 aliphatic carbocycles. The van der Waals surface area contributed by atoms with Crippen molar-refractivity contribution in [3.05, 3.63) is 54.3 Å². The smallest absolute Gasteiger partial charge is 0.167 e. The highest BCUT2D eigenvalue weighted by atomic mass is 16.1. The van der Waals surface area contributed by atoms with Crippen molar-refractivity contribution in [1.82, 2.24) is 19.7 Å². The van der Waals surface area contributed by atoms with Crippen molar-refractivity contribution >= 4 is 17.4 Å².